The molecule has 5 nitrogen and oxygen atoms in total. The Kier molecular flexibility index (Phi) is 4.13. The Labute approximate surface area is 114 Å². The second-order valence-electron chi connectivity index (χ2n) is 6.02. The van der Waals surface area contributed by atoms with Gasteiger partial charge in [-0.15, -0.1) is 0 Å². The van der Waals surface area contributed by atoms with Crippen LogP contribution in [0, 0.1) is 11.8 Å². The summed E-state index contributed by atoms with van der Waals surface area (Å²) in [6.45, 7) is 5.75. The van der Waals surface area contributed by atoms with Crippen LogP contribution in [0.15, 0.2) is 0 Å². The van der Waals surface area contributed by atoms with Gasteiger partial charge in [-0.1, -0.05) is 0 Å². The summed E-state index contributed by atoms with van der Waals surface area (Å²) >= 11 is 0. The van der Waals surface area contributed by atoms with Gasteiger partial charge in [0.2, 0.25) is 11.8 Å². The lowest BCUT2D eigenvalue weighted by Gasteiger charge is -2.36. The Balaban J connectivity index is 1.86. The number of carbonyl (C=O) groups excluding carboxylic acids is 2. The van der Waals surface area contributed by atoms with Crippen LogP contribution in [0.4, 0.5) is 0 Å². The van der Waals surface area contributed by atoms with E-state index in [0.29, 0.717) is 25.6 Å². The molecular formula is C14H25N3O2. The molecule has 0 aromatic rings. The van der Waals surface area contributed by atoms with Gasteiger partial charge in [0.15, 0.2) is 0 Å². The number of carbonyl (C=O) groups is 2. The zero-order valence-corrected chi connectivity index (χ0v) is 11.9. The maximum atomic E-state index is 12.4. The fraction of sp³-hybridized carbons (Fsp3) is 0.857. The smallest absolute Gasteiger partial charge is 0.242 e. The molecule has 1 aliphatic heterocycles. The molecule has 1 saturated heterocycles. The summed E-state index contributed by atoms with van der Waals surface area (Å²) in [4.78, 5) is 26.0. The molecular weight excluding hydrogens is 242 g/mol. The Morgan fingerprint density at radius 3 is 2.32 bits per heavy atom. The average molecular weight is 267 g/mol. The van der Waals surface area contributed by atoms with E-state index in [1.807, 2.05) is 18.7 Å². The summed E-state index contributed by atoms with van der Waals surface area (Å²) in [5.41, 5.74) is 5.46. The van der Waals surface area contributed by atoms with Gasteiger partial charge in [0.25, 0.3) is 0 Å². The average Bonchev–Trinajstić information content (AvgIpc) is 3.23. The Hall–Kier alpha value is -1.10. The molecule has 1 aliphatic carbocycles. The number of nitrogens with two attached hydrogens (primary N) is 1. The summed E-state index contributed by atoms with van der Waals surface area (Å²) in [5.74, 6) is 0.576. The normalized spacial score (nSPS) is 23.8. The fourth-order valence-electron chi connectivity index (χ4n) is 2.86. The van der Waals surface area contributed by atoms with E-state index in [4.69, 9.17) is 5.73 Å². The lowest BCUT2D eigenvalue weighted by Crippen LogP contribution is -2.57. The number of rotatable bonds is 4. The van der Waals surface area contributed by atoms with Crippen molar-refractivity contribution in [2.45, 2.75) is 45.1 Å². The number of nitrogens with zero attached hydrogens (tertiary/aromatic N) is 1. The van der Waals surface area contributed by atoms with Gasteiger partial charge >= 0.3 is 0 Å². The first-order valence-electron chi connectivity index (χ1n) is 7.32. The van der Waals surface area contributed by atoms with E-state index in [-0.39, 0.29) is 17.7 Å². The number of nitrogens with one attached hydrogen (secondary N) is 1. The van der Waals surface area contributed by atoms with Crippen LogP contribution in [0.5, 0.6) is 0 Å². The summed E-state index contributed by atoms with van der Waals surface area (Å²) in [7, 11) is 0. The predicted molar refractivity (Wildman–Crippen MR) is 73.3 cm³/mol. The molecule has 0 spiro atoms. The molecule has 0 bridgehead atoms. The third-order valence-corrected chi connectivity index (χ3v) is 4.39. The number of likely N-dealkylation sites (tertiary alicyclic amines) is 1. The van der Waals surface area contributed by atoms with E-state index in [2.05, 4.69) is 5.32 Å². The minimum Gasteiger partial charge on any atom is -0.356 e. The molecule has 108 valence electrons. The van der Waals surface area contributed by atoms with Crippen LogP contribution in [0.25, 0.3) is 0 Å². The molecule has 2 fully saturated rings. The van der Waals surface area contributed by atoms with Gasteiger partial charge in [-0.05, 0) is 45.4 Å². The minimum atomic E-state index is -0.710. The summed E-state index contributed by atoms with van der Waals surface area (Å²) < 4.78 is 0. The molecule has 0 aromatic heterocycles. The Bertz CT molecular complexity index is 356. The van der Waals surface area contributed by atoms with E-state index < -0.39 is 5.54 Å². The Morgan fingerprint density at radius 1 is 1.26 bits per heavy atom. The SMILES string of the molecule is CCNC(=O)C1CCN(C(=O)C(C)(N)C2CC2)CC1. The van der Waals surface area contributed by atoms with Crippen LogP contribution in [-0.4, -0.2) is 41.9 Å². The highest BCUT2D eigenvalue weighted by Gasteiger charge is 2.46. The van der Waals surface area contributed by atoms with Gasteiger partial charge in [-0.2, -0.15) is 0 Å². The second kappa shape index (κ2) is 5.49. The van der Waals surface area contributed by atoms with Crippen molar-refractivity contribution in [2.24, 2.45) is 17.6 Å². The lowest BCUT2D eigenvalue weighted by molar-refractivity contribution is -0.140. The first kappa shape index (κ1) is 14.3. The highest BCUT2D eigenvalue weighted by Crippen LogP contribution is 2.39. The zero-order chi connectivity index (χ0) is 14.0. The van der Waals surface area contributed by atoms with E-state index in [1.54, 1.807) is 0 Å². The third-order valence-electron chi connectivity index (χ3n) is 4.39. The van der Waals surface area contributed by atoms with Gasteiger partial charge in [0, 0.05) is 25.6 Å². The van der Waals surface area contributed by atoms with Crippen molar-refractivity contribution >= 4 is 11.8 Å². The topological polar surface area (TPSA) is 75.4 Å². The van der Waals surface area contributed by atoms with Gasteiger partial charge < -0.3 is 16.0 Å². The summed E-state index contributed by atoms with van der Waals surface area (Å²) in [6.07, 6.45) is 3.62. The highest BCUT2D eigenvalue weighted by atomic mass is 16.2. The molecule has 3 N–H and O–H groups in total. The molecule has 0 aromatic carbocycles. The van der Waals surface area contributed by atoms with Crippen molar-refractivity contribution in [3.8, 4) is 0 Å². The first-order valence-corrected chi connectivity index (χ1v) is 7.32. The molecule has 2 amide bonds. The lowest BCUT2D eigenvalue weighted by atomic mass is 9.91. The predicted octanol–water partition coefficient (Wildman–Crippen LogP) is 0.489. The molecule has 19 heavy (non-hydrogen) atoms. The summed E-state index contributed by atoms with van der Waals surface area (Å²) in [5, 5.41) is 2.85. The van der Waals surface area contributed by atoms with Crippen molar-refractivity contribution in [1.29, 1.82) is 0 Å². The van der Waals surface area contributed by atoms with E-state index in [0.717, 1.165) is 25.7 Å². The minimum absolute atomic E-state index is 0.0500. The quantitative estimate of drug-likeness (QED) is 0.778. The first-order chi connectivity index (χ1) is 8.96. The van der Waals surface area contributed by atoms with Crippen LogP contribution in [0.1, 0.15) is 39.5 Å². The number of hydrogen-bond donors (Lipinski definition) is 2. The zero-order valence-electron chi connectivity index (χ0n) is 11.9. The standard InChI is InChI=1S/C14H25N3O2/c1-3-16-12(18)10-6-8-17(9-7-10)13(19)14(2,15)11-4-5-11/h10-11H,3-9,15H2,1-2H3,(H,16,18). The van der Waals surface area contributed by atoms with Crippen molar-refractivity contribution in [3.63, 3.8) is 0 Å². The maximum absolute atomic E-state index is 12.4. The molecule has 1 heterocycles. The van der Waals surface area contributed by atoms with Crippen LogP contribution in [0.2, 0.25) is 0 Å². The molecule has 0 radical (unpaired) electrons. The number of hydrogen-bond acceptors (Lipinski definition) is 3. The number of piperidine rings is 1. The van der Waals surface area contributed by atoms with E-state index in [1.165, 1.54) is 0 Å². The molecule has 1 saturated carbocycles. The largest absolute Gasteiger partial charge is 0.356 e. The molecule has 1 unspecified atom stereocenters. The van der Waals surface area contributed by atoms with Gasteiger partial charge in [-0.3, -0.25) is 9.59 Å². The van der Waals surface area contributed by atoms with Crippen molar-refractivity contribution in [1.82, 2.24) is 10.2 Å². The second-order valence-corrected chi connectivity index (χ2v) is 6.02. The third kappa shape index (κ3) is 3.08. The van der Waals surface area contributed by atoms with E-state index in [9.17, 15) is 9.59 Å². The molecule has 5 heteroatoms. The van der Waals surface area contributed by atoms with Crippen molar-refractivity contribution < 1.29 is 9.59 Å². The maximum Gasteiger partial charge on any atom is 0.242 e. The molecule has 2 aliphatic rings. The molecule has 1 atom stereocenters. The van der Waals surface area contributed by atoms with Gasteiger partial charge in [-0.25, -0.2) is 0 Å². The van der Waals surface area contributed by atoms with E-state index >= 15 is 0 Å². The van der Waals surface area contributed by atoms with Crippen LogP contribution in [-0.2, 0) is 9.59 Å². The van der Waals surface area contributed by atoms with Gasteiger partial charge in [0.1, 0.15) is 0 Å². The summed E-state index contributed by atoms with van der Waals surface area (Å²) in [6, 6.07) is 0. The van der Waals surface area contributed by atoms with Crippen LogP contribution in [0.3, 0.4) is 0 Å². The number of amides is 2. The van der Waals surface area contributed by atoms with Crippen molar-refractivity contribution in [3.05, 3.63) is 0 Å². The molecule has 2 rings (SSSR count). The fourth-order valence-corrected chi connectivity index (χ4v) is 2.86. The van der Waals surface area contributed by atoms with Crippen molar-refractivity contribution in [2.75, 3.05) is 19.6 Å². The Morgan fingerprint density at radius 2 is 1.84 bits per heavy atom. The highest BCUT2D eigenvalue weighted by molar-refractivity contribution is 5.87. The van der Waals surface area contributed by atoms with Crippen LogP contribution < -0.4 is 11.1 Å². The monoisotopic (exact) mass is 267 g/mol. The van der Waals surface area contributed by atoms with Gasteiger partial charge in [0.05, 0.1) is 5.54 Å². The van der Waals surface area contributed by atoms with Crippen LogP contribution >= 0.6 is 0 Å².